The van der Waals surface area contributed by atoms with Crippen molar-refractivity contribution in [3.8, 4) is 0 Å². The van der Waals surface area contributed by atoms with Crippen molar-refractivity contribution in [2.45, 2.75) is 30.7 Å². The van der Waals surface area contributed by atoms with Crippen molar-refractivity contribution >= 4 is 15.6 Å². The van der Waals surface area contributed by atoms with Crippen LogP contribution in [0.25, 0.3) is 5.78 Å². The third-order valence-electron chi connectivity index (χ3n) is 3.18. The quantitative estimate of drug-likeness (QED) is 0.571. The van der Waals surface area contributed by atoms with Crippen LogP contribution in [0.5, 0.6) is 0 Å². The van der Waals surface area contributed by atoms with Gasteiger partial charge < -0.3 is 0 Å². The van der Waals surface area contributed by atoms with Gasteiger partial charge >= 0.3 is 5.78 Å². The third-order valence-corrected chi connectivity index (χ3v) is 4.92. The second-order valence-corrected chi connectivity index (χ2v) is 6.89. The summed E-state index contributed by atoms with van der Waals surface area (Å²) in [6.07, 6.45) is 0. The van der Waals surface area contributed by atoms with Crippen molar-refractivity contribution in [2.75, 3.05) is 0 Å². The number of benzene rings is 1. The summed E-state index contributed by atoms with van der Waals surface area (Å²) in [4.78, 5) is 8.67. The van der Waals surface area contributed by atoms with Gasteiger partial charge in [0.05, 0.1) is 4.90 Å². The molecule has 0 fully saturated rings. The molecule has 0 unspecified atom stereocenters. The van der Waals surface area contributed by atoms with Crippen molar-refractivity contribution < 1.29 is 12.9 Å². The molecule has 0 radical (unpaired) electrons. The molecule has 0 spiro atoms. The number of hydrogen-bond acceptors (Lipinski definition) is 4. The predicted octanol–water partition coefficient (Wildman–Crippen LogP) is 1.30. The molecule has 7 heteroatoms. The van der Waals surface area contributed by atoms with Gasteiger partial charge in [0.2, 0.25) is 20.7 Å². The van der Waals surface area contributed by atoms with Crippen molar-refractivity contribution in [1.29, 1.82) is 0 Å². The minimum absolute atomic E-state index is 0.134. The van der Waals surface area contributed by atoms with Crippen LogP contribution in [0, 0.1) is 20.8 Å². The zero-order valence-electron chi connectivity index (χ0n) is 12.0. The van der Waals surface area contributed by atoms with E-state index in [2.05, 4.69) is 15.1 Å². The second kappa shape index (κ2) is 4.63. The Bertz CT molecular complexity index is 928. The average molecular weight is 303 g/mol. The number of aryl methyl sites for hydroxylation is 3. The van der Waals surface area contributed by atoms with Gasteiger partial charge in [-0.1, -0.05) is 27.7 Å². The molecule has 108 valence electrons. The largest absolute Gasteiger partial charge is 0.458 e. The predicted molar refractivity (Wildman–Crippen MR) is 75.6 cm³/mol. The lowest BCUT2D eigenvalue weighted by Gasteiger charge is -2.04. The third kappa shape index (κ3) is 2.29. The van der Waals surface area contributed by atoms with Crippen LogP contribution in [0.1, 0.15) is 17.1 Å². The van der Waals surface area contributed by atoms with E-state index in [0.717, 1.165) is 5.56 Å². The lowest BCUT2D eigenvalue weighted by atomic mass is 10.2. The molecule has 2 aromatic heterocycles. The van der Waals surface area contributed by atoms with Crippen LogP contribution in [0.3, 0.4) is 0 Å². The highest BCUT2D eigenvalue weighted by Gasteiger charge is 2.27. The van der Waals surface area contributed by atoms with Crippen molar-refractivity contribution in [2.24, 2.45) is 0 Å². The summed E-state index contributed by atoms with van der Waals surface area (Å²) in [6.45, 7) is 5.42. The van der Waals surface area contributed by atoms with Crippen LogP contribution in [-0.2, 0) is 9.84 Å². The molecule has 0 saturated heterocycles. The minimum atomic E-state index is -3.64. The van der Waals surface area contributed by atoms with Crippen molar-refractivity contribution in [3.05, 3.63) is 47.4 Å². The number of rotatable bonds is 2. The van der Waals surface area contributed by atoms with E-state index in [4.69, 9.17) is 0 Å². The van der Waals surface area contributed by atoms with E-state index in [1.165, 1.54) is 4.52 Å². The van der Waals surface area contributed by atoms with Crippen LogP contribution in [0.2, 0.25) is 0 Å². The fourth-order valence-corrected chi connectivity index (χ4v) is 3.56. The highest BCUT2D eigenvalue weighted by atomic mass is 32.2. The molecule has 2 heterocycles. The Morgan fingerprint density at radius 2 is 1.71 bits per heavy atom. The second-order valence-electron chi connectivity index (χ2n) is 5.00. The number of nitrogens with one attached hydrogen (secondary N) is 1. The lowest BCUT2D eigenvalue weighted by molar-refractivity contribution is -0.621. The van der Waals surface area contributed by atoms with E-state index in [-0.39, 0.29) is 9.92 Å². The van der Waals surface area contributed by atoms with Gasteiger partial charge in [0, 0.05) is 13.0 Å². The van der Waals surface area contributed by atoms with Gasteiger partial charge in [0.25, 0.3) is 0 Å². The fourth-order valence-electron chi connectivity index (χ4n) is 2.13. The highest BCUT2D eigenvalue weighted by molar-refractivity contribution is 7.91. The number of aromatic amines is 1. The average Bonchev–Trinajstić information content (AvgIpc) is 2.78. The van der Waals surface area contributed by atoms with Crippen molar-refractivity contribution in [1.82, 2.24) is 15.1 Å². The first-order chi connectivity index (χ1) is 9.88. The molecule has 3 rings (SSSR count). The molecule has 1 N–H and O–H groups in total. The van der Waals surface area contributed by atoms with Gasteiger partial charge in [-0.25, -0.2) is 13.5 Å². The molecule has 6 nitrogen and oxygen atoms in total. The molecule has 0 bridgehead atoms. The fraction of sp³-hybridized carbons (Fsp3) is 0.214. The standard InChI is InChI=1S/C14H14N4O2S/c1-9-4-6-12(7-5-9)21(19,20)13-8-10(2)15-14-16-11(3)17-18(13)14/h4-8H,1-3H3/p+1. The van der Waals surface area contributed by atoms with Crippen LogP contribution in [0.15, 0.2) is 40.3 Å². The number of nitrogens with zero attached hydrogens (tertiary/aromatic N) is 3. The minimum Gasteiger partial charge on any atom is -0.215 e. The maximum atomic E-state index is 12.8. The first-order valence-electron chi connectivity index (χ1n) is 6.46. The van der Waals surface area contributed by atoms with Gasteiger partial charge in [0.15, 0.2) is 0 Å². The van der Waals surface area contributed by atoms with Crippen LogP contribution in [-0.4, -0.2) is 23.5 Å². The zero-order chi connectivity index (χ0) is 15.2. The Hall–Kier alpha value is -2.28. The summed E-state index contributed by atoms with van der Waals surface area (Å²) in [6, 6.07) is 8.31. The normalized spacial score (nSPS) is 12.0. The summed E-state index contributed by atoms with van der Waals surface area (Å²) < 4.78 is 27.0. The molecular weight excluding hydrogens is 288 g/mol. The SMILES string of the molecule is Cc1ccc(S(=O)(=O)c2cc(C)nc3nc(C)[nH][n+]23)cc1. The number of hydrogen-bond donors (Lipinski definition) is 1. The summed E-state index contributed by atoms with van der Waals surface area (Å²) >= 11 is 0. The molecular formula is C14H15N4O2S+. The maximum Gasteiger partial charge on any atom is 0.458 e. The number of aromatic nitrogens is 4. The Balaban J connectivity index is 2.30. The van der Waals surface area contributed by atoms with E-state index < -0.39 is 9.84 Å². The number of H-pyrrole nitrogens is 1. The molecule has 21 heavy (non-hydrogen) atoms. The van der Waals surface area contributed by atoms with Crippen LogP contribution < -0.4 is 4.52 Å². The van der Waals surface area contributed by atoms with Gasteiger partial charge in [0.1, 0.15) is 5.69 Å². The Morgan fingerprint density at radius 3 is 2.38 bits per heavy atom. The number of sulfone groups is 1. The molecule has 0 atom stereocenters. The van der Waals surface area contributed by atoms with Crippen molar-refractivity contribution in [3.63, 3.8) is 0 Å². The Kier molecular flexibility index (Phi) is 3.02. The molecule has 0 amide bonds. The van der Waals surface area contributed by atoms with E-state index in [0.29, 0.717) is 17.3 Å². The highest BCUT2D eigenvalue weighted by Crippen LogP contribution is 2.19. The Morgan fingerprint density at radius 1 is 1.05 bits per heavy atom. The monoisotopic (exact) mass is 303 g/mol. The zero-order valence-corrected chi connectivity index (χ0v) is 12.8. The smallest absolute Gasteiger partial charge is 0.215 e. The van der Waals surface area contributed by atoms with Gasteiger partial charge in [-0.15, -0.1) is 4.52 Å². The van der Waals surface area contributed by atoms with E-state index >= 15 is 0 Å². The molecule has 0 aliphatic carbocycles. The Labute approximate surface area is 122 Å². The van der Waals surface area contributed by atoms with E-state index in [1.54, 1.807) is 44.2 Å². The molecule has 0 saturated carbocycles. The summed E-state index contributed by atoms with van der Waals surface area (Å²) in [5.74, 6) is 0.951. The van der Waals surface area contributed by atoms with Crippen LogP contribution >= 0.6 is 0 Å². The van der Waals surface area contributed by atoms with Gasteiger partial charge in [-0.05, 0) is 26.0 Å². The number of fused-ring (bicyclic) bond motifs is 1. The summed E-state index contributed by atoms with van der Waals surface area (Å²) in [5.41, 5.74) is 1.61. The molecule has 0 aliphatic rings. The van der Waals surface area contributed by atoms with Gasteiger partial charge in [-0.3, -0.25) is 0 Å². The first-order valence-corrected chi connectivity index (χ1v) is 7.94. The van der Waals surface area contributed by atoms with Gasteiger partial charge in [-0.2, -0.15) is 0 Å². The van der Waals surface area contributed by atoms with E-state index in [9.17, 15) is 8.42 Å². The lowest BCUT2D eigenvalue weighted by Crippen LogP contribution is -2.33. The molecule has 1 aromatic carbocycles. The molecule has 0 aliphatic heterocycles. The summed E-state index contributed by atoms with van der Waals surface area (Å²) in [7, 11) is -3.64. The summed E-state index contributed by atoms with van der Waals surface area (Å²) in [5, 5.41) is 3.04. The molecule has 3 aromatic rings. The van der Waals surface area contributed by atoms with Crippen LogP contribution in [0.4, 0.5) is 0 Å². The first kappa shape index (κ1) is 13.7. The van der Waals surface area contributed by atoms with E-state index in [1.807, 2.05) is 6.92 Å². The topological polar surface area (TPSA) is 79.8 Å². The maximum absolute atomic E-state index is 12.8.